The third kappa shape index (κ3) is 4.36. The number of ether oxygens (including phenoxy) is 1. The van der Waals surface area contributed by atoms with Gasteiger partial charge in [0.25, 0.3) is 0 Å². The fourth-order valence-corrected chi connectivity index (χ4v) is 2.28. The van der Waals surface area contributed by atoms with Crippen LogP contribution >= 0.6 is 0 Å². The molecule has 2 nitrogen and oxygen atoms in total. The maximum Gasteiger partial charge on any atom is 0.119 e. The Morgan fingerprint density at radius 3 is 2.43 bits per heavy atom. The Bertz CT molecular complexity index is 596. The van der Waals surface area contributed by atoms with E-state index in [-0.39, 0.29) is 0 Å². The zero-order chi connectivity index (χ0) is 14.9. The number of nitriles is 1. The van der Waals surface area contributed by atoms with Crippen LogP contribution in [0.25, 0.3) is 11.1 Å². The molecule has 2 rings (SSSR count). The summed E-state index contributed by atoms with van der Waals surface area (Å²) in [6, 6.07) is 17.9. The topological polar surface area (TPSA) is 33.0 Å². The molecule has 108 valence electrons. The Labute approximate surface area is 127 Å². The maximum atomic E-state index is 9.15. The molecule has 0 saturated carbocycles. The van der Waals surface area contributed by atoms with Crippen molar-refractivity contribution in [1.82, 2.24) is 0 Å². The second-order valence-electron chi connectivity index (χ2n) is 5.09. The van der Waals surface area contributed by atoms with E-state index in [1.54, 1.807) is 0 Å². The highest BCUT2D eigenvalue weighted by Gasteiger charge is 2.04. The first-order valence-corrected chi connectivity index (χ1v) is 7.57. The predicted octanol–water partition coefficient (Wildman–Crippen LogP) is 5.18. The van der Waals surface area contributed by atoms with Gasteiger partial charge in [-0.15, -0.1) is 0 Å². The van der Waals surface area contributed by atoms with Gasteiger partial charge in [0.2, 0.25) is 0 Å². The first kappa shape index (κ1) is 15.1. The number of unbranched alkanes of at least 4 members (excludes halogenated alkanes) is 3. The lowest BCUT2D eigenvalue weighted by Crippen LogP contribution is -1.97. The van der Waals surface area contributed by atoms with E-state index in [1.807, 2.05) is 48.5 Å². The van der Waals surface area contributed by atoms with Crippen molar-refractivity contribution in [2.75, 3.05) is 6.61 Å². The quantitative estimate of drug-likeness (QED) is 0.654. The maximum absolute atomic E-state index is 9.15. The van der Waals surface area contributed by atoms with Crippen molar-refractivity contribution in [1.29, 1.82) is 5.26 Å². The molecular weight excluding hydrogens is 258 g/mol. The largest absolute Gasteiger partial charge is 0.494 e. The third-order valence-electron chi connectivity index (χ3n) is 3.48. The molecule has 2 heteroatoms. The fraction of sp³-hybridized carbons (Fsp3) is 0.316. The molecule has 0 amide bonds. The summed E-state index contributed by atoms with van der Waals surface area (Å²) in [4.78, 5) is 0. The van der Waals surface area contributed by atoms with Crippen molar-refractivity contribution in [2.24, 2.45) is 0 Å². The van der Waals surface area contributed by atoms with E-state index in [9.17, 15) is 0 Å². The molecule has 2 aromatic rings. The van der Waals surface area contributed by atoms with Gasteiger partial charge in [-0.25, -0.2) is 0 Å². The Morgan fingerprint density at radius 2 is 1.71 bits per heavy atom. The van der Waals surface area contributed by atoms with Crippen LogP contribution in [0.1, 0.15) is 38.2 Å². The monoisotopic (exact) mass is 279 g/mol. The average molecular weight is 279 g/mol. The van der Waals surface area contributed by atoms with E-state index in [0.717, 1.165) is 29.9 Å². The molecule has 0 aromatic heterocycles. The van der Waals surface area contributed by atoms with Crippen LogP contribution in [0.15, 0.2) is 48.5 Å². The first-order valence-electron chi connectivity index (χ1n) is 7.57. The summed E-state index contributed by atoms with van der Waals surface area (Å²) < 4.78 is 5.73. The molecule has 0 aliphatic rings. The second-order valence-corrected chi connectivity index (χ2v) is 5.09. The van der Waals surface area contributed by atoms with Crippen molar-refractivity contribution in [3.05, 3.63) is 54.1 Å². The van der Waals surface area contributed by atoms with Crippen molar-refractivity contribution in [3.63, 3.8) is 0 Å². The van der Waals surface area contributed by atoms with Crippen LogP contribution in [0.4, 0.5) is 0 Å². The Balaban J connectivity index is 1.97. The summed E-state index contributed by atoms with van der Waals surface area (Å²) in [6.45, 7) is 2.98. The van der Waals surface area contributed by atoms with Crippen molar-refractivity contribution >= 4 is 0 Å². The Morgan fingerprint density at radius 1 is 0.952 bits per heavy atom. The van der Waals surface area contributed by atoms with Crippen LogP contribution in [0, 0.1) is 11.3 Å². The van der Waals surface area contributed by atoms with Crippen molar-refractivity contribution in [3.8, 4) is 22.9 Å². The van der Waals surface area contributed by atoms with E-state index in [4.69, 9.17) is 10.00 Å². The molecule has 21 heavy (non-hydrogen) atoms. The molecule has 0 heterocycles. The summed E-state index contributed by atoms with van der Waals surface area (Å²) in [7, 11) is 0. The zero-order valence-electron chi connectivity index (χ0n) is 12.5. The van der Waals surface area contributed by atoms with Crippen molar-refractivity contribution < 1.29 is 4.74 Å². The fourth-order valence-electron chi connectivity index (χ4n) is 2.28. The van der Waals surface area contributed by atoms with Gasteiger partial charge < -0.3 is 4.74 Å². The number of nitrogens with zero attached hydrogens (tertiary/aromatic N) is 1. The van der Waals surface area contributed by atoms with Crippen LogP contribution in [-0.4, -0.2) is 6.61 Å². The van der Waals surface area contributed by atoms with Gasteiger partial charge in [0.15, 0.2) is 0 Å². The van der Waals surface area contributed by atoms with Gasteiger partial charge in [0.1, 0.15) is 5.75 Å². The first-order chi connectivity index (χ1) is 10.3. The lowest BCUT2D eigenvalue weighted by atomic mass is 10.0. The van der Waals surface area contributed by atoms with Gasteiger partial charge in [0.05, 0.1) is 18.2 Å². The Hall–Kier alpha value is -2.27. The van der Waals surface area contributed by atoms with Gasteiger partial charge in [0, 0.05) is 0 Å². The molecular formula is C19H21NO. The van der Waals surface area contributed by atoms with Crippen LogP contribution < -0.4 is 4.74 Å². The lowest BCUT2D eigenvalue weighted by Gasteiger charge is -2.08. The minimum atomic E-state index is 0.700. The molecule has 0 saturated heterocycles. The summed E-state index contributed by atoms with van der Waals surface area (Å²) in [6.07, 6.45) is 4.84. The van der Waals surface area contributed by atoms with Crippen molar-refractivity contribution in [2.45, 2.75) is 32.6 Å². The van der Waals surface area contributed by atoms with Gasteiger partial charge in [-0.05, 0) is 35.7 Å². The number of benzene rings is 2. The average Bonchev–Trinajstić information content (AvgIpc) is 2.55. The van der Waals surface area contributed by atoms with Gasteiger partial charge in [-0.3, -0.25) is 0 Å². The summed E-state index contributed by atoms with van der Waals surface area (Å²) in [5.41, 5.74) is 2.71. The SMILES string of the molecule is CCCCCCOc1ccc(-c2ccccc2C#N)cc1. The van der Waals surface area contributed by atoms with E-state index < -0.39 is 0 Å². The standard InChI is InChI=1S/C19H21NO/c1-2-3-4-7-14-21-18-12-10-16(11-13-18)19-9-6-5-8-17(19)15-20/h5-6,8-13H,2-4,7,14H2,1H3. The molecule has 0 unspecified atom stereocenters. The number of hydrogen-bond acceptors (Lipinski definition) is 2. The predicted molar refractivity (Wildman–Crippen MR) is 86.2 cm³/mol. The Kier molecular flexibility index (Phi) is 5.84. The van der Waals surface area contributed by atoms with Gasteiger partial charge in [-0.2, -0.15) is 5.26 Å². The minimum absolute atomic E-state index is 0.700. The third-order valence-corrected chi connectivity index (χ3v) is 3.48. The molecule has 0 aliphatic carbocycles. The van der Waals surface area contributed by atoms with Crippen LogP contribution in [0.2, 0.25) is 0 Å². The highest BCUT2D eigenvalue weighted by atomic mass is 16.5. The molecule has 0 N–H and O–H groups in total. The van der Waals surface area contributed by atoms with E-state index in [1.165, 1.54) is 19.3 Å². The van der Waals surface area contributed by atoms with Gasteiger partial charge >= 0.3 is 0 Å². The van der Waals surface area contributed by atoms with E-state index in [0.29, 0.717) is 5.56 Å². The zero-order valence-corrected chi connectivity index (χ0v) is 12.5. The molecule has 0 aliphatic heterocycles. The van der Waals surface area contributed by atoms with Crippen LogP contribution in [0.5, 0.6) is 5.75 Å². The smallest absolute Gasteiger partial charge is 0.119 e. The molecule has 0 fully saturated rings. The van der Waals surface area contributed by atoms with Gasteiger partial charge in [-0.1, -0.05) is 56.5 Å². The van der Waals surface area contributed by atoms with E-state index >= 15 is 0 Å². The summed E-state index contributed by atoms with van der Waals surface area (Å²) >= 11 is 0. The normalized spacial score (nSPS) is 10.1. The minimum Gasteiger partial charge on any atom is -0.494 e. The highest BCUT2D eigenvalue weighted by molar-refractivity contribution is 5.70. The molecule has 0 atom stereocenters. The summed E-state index contributed by atoms with van der Waals surface area (Å²) in [5, 5.41) is 9.15. The summed E-state index contributed by atoms with van der Waals surface area (Å²) in [5.74, 6) is 0.893. The molecule has 0 bridgehead atoms. The molecule has 0 spiro atoms. The van der Waals surface area contributed by atoms with E-state index in [2.05, 4.69) is 13.0 Å². The number of hydrogen-bond donors (Lipinski definition) is 0. The molecule has 2 aromatic carbocycles. The molecule has 0 radical (unpaired) electrons. The second kappa shape index (κ2) is 8.11. The lowest BCUT2D eigenvalue weighted by molar-refractivity contribution is 0.305. The number of rotatable bonds is 7. The highest BCUT2D eigenvalue weighted by Crippen LogP contribution is 2.25. The van der Waals surface area contributed by atoms with Crippen LogP contribution in [-0.2, 0) is 0 Å². The van der Waals surface area contributed by atoms with Crippen LogP contribution in [0.3, 0.4) is 0 Å².